The summed E-state index contributed by atoms with van der Waals surface area (Å²) in [5, 5.41) is 9.15. The molecule has 2 unspecified atom stereocenters. The van der Waals surface area contributed by atoms with E-state index in [0.29, 0.717) is 18.9 Å². The minimum atomic E-state index is -0.777. The fourth-order valence-electron chi connectivity index (χ4n) is 2.49. The summed E-state index contributed by atoms with van der Waals surface area (Å²) in [6, 6.07) is 3.38. The van der Waals surface area contributed by atoms with Crippen molar-refractivity contribution in [3.63, 3.8) is 0 Å². The predicted octanol–water partition coefficient (Wildman–Crippen LogP) is 0.728. The number of rotatable bonds is 3. The van der Waals surface area contributed by atoms with E-state index in [-0.39, 0.29) is 11.6 Å². The highest BCUT2D eigenvalue weighted by molar-refractivity contribution is 5.91. The number of hydrogen-bond donors (Lipinski definition) is 2. The van der Waals surface area contributed by atoms with Gasteiger partial charge in [0.25, 0.3) is 5.91 Å². The number of nitrogens with zero attached hydrogens (tertiary/aromatic N) is 2. The van der Waals surface area contributed by atoms with Gasteiger partial charge >= 0.3 is 5.97 Å². The Balaban J connectivity index is 2.22. The zero-order chi connectivity index (χ0) is 14.0. The third-order valence-electron chi connectivity index (χ3n) is 3.37. The predicted molar refractivity (Wildman–Crippen MR) is 69.9 cm³/mol. The molecule has 1 fully saturated rings. The van der Waals surface area contributed by atoms with Gasteiger partial charge in [-0.25, -0.2) is 0 Å². The quantitative estimate of drug-likeness (QED) is 0.838. The SMILES string of the molecule is CC1CC(C(=O)O)CN(c2ccnc(C(N)=O)c2)C1. The lowest BCUT2D eigenvalue weighted by Gasteiger charge is -2.36. The third kappa shape index (κ3) is 3.01. The molecule has 102 valence electrons. The van der Waals surface area contributed by atoms with Gasteiger partial charge < -0.3 is 15.7 Å². The summed E-state index contributed by atoms with van der Waals surface area (Å²) in [5.41, 5.74) is 6.19. The van der Waals surface area contributed by atoms with Crippen molar-refractivity contribution < 1.29 is 14.7 Å². The molecule has 1 aliphatic heterocycles. The number of carbonyl (C=O) groups excluding carboxylic acids is 1. The van der Waals surface area contributed by atoms with E-state index in [1.54, 1.807) is 12.1 Å². The van der Waals surface area contributed by atoms with Crippen LogP contribution in [0.25, 0.3) is 0 Å². The number of pyridine rings is 1. The molecular weight excluding hydrogens is 246 g/mol. The monoisotopic (exact) mass is 263 g/mol. The maximum absolute atomic E-state index is 11.1. The topological polar surface area (TPSA) is 96.5 Å². The summed E-state index contributed by atoms with van der Waals surface area (Å²) in [7, 11) is 0. The summed E-state index contributed by atoms with van der Waals surface area (Å²) in [5.74, 6) is -1.45. The van der Waals surface area contributed by atoms with Gasteiger partial charge in [-0.1, -0.05) is 6.92 Å². The fourth-order valence-corrected chi connectivity index (χ4v) is 2.49. The first kappa shape index (κ1) is 13.3. The first-order chi connectivity index (χ1) is 8.97. The number of carbonyl (C=O) groups is 2. The Hall–Kier alpha value is -2.11. The lowest BCUT2D eigenvalue weighted by molar-refractivity contribution is -0.142. The average Bonchev–Trinajstić information content (AvgIpc) is 2.38. The Morgan fingerprint density at radius 3 is 2.84 bits per heavy atom. The second-order valence-electron chi connectivity index (χ2n) is 5.04. The zero-order valence-electron chi connectivity index (χ0n) is 10.7. The Kier molecular flexibility index (Phi) is 3.69. The van der Waals surface area contributed by atoms with Crippen LogP contribution in [0, 0.1) is 11.8 Å². The lowest BCUT2D eigenvalue weighted by Crippen LogP contribution is -2.42. The second-order valence-corrected chi connectivity index (χ2v) is 5.04. The molecular formula is C13H17N3O3. The molecule has 2 heterocycles. The molecule has 1 aromatic heterocycles. The van der Waals surface area contributed by atoms with Crippen LogP contribution in [0.1, 0.15) is 23.8 Å². The Labute approximate surface area is 111 Å². The molecule has 0 radical (unpaired) electrons. The first-order valence-electron chi connectivity index (χ1n) is 6.21. The average molecular weight is 263 g/mol. The number of carboxylic acids is 1. The van der Waals surface area contributed by atoms with E-state index in [9.17, 15) is 9.59 Å². The van der Waals surface area contributed by atoms with Gasteiger partial charge in [0.15, 0.2) is 0 Å². The largest absolute Gasteiger partial charge is 0.481 e. The standard InChI is InChI=1S/C13H17N3O3/c1-8-4-9(13(18)19)7-16(6-8)10-2-3-15-11(5-10)12(14)17/h2-3,5,8-9H,4,6-7H2,1H3,(H2,14,17)(H,18,19). The van der Waals surface area contributed by atoms with Crippen LogP contribution in [0.3, 0.4) is 0 Å². The number of anilines is 1. The number of amides is 1. The van der Waals surface area contributed by atoms with Crippen LogP contribution in [0.5, 0.6) is 0 Å². The van der Waals surface area contributed by atoms with Gasteiger partial charge in [0.1, 0.15) is 5.69 Å². The molecule has 2 atom stereocenters. The van der Waals surface area contributed by atoms with Crippen molar-refractivity contribution >= 4 is 17.6 Å². The molecule has 0 bridgehead atoms. The summed E-state index contributed by atoms with van der Waals surface area (Å²) >= 11 is 0. The van der Waals surface area contributed by atoms with E-state index in [0.717, 1.165) is 12.2 Å². The van der Waals surface area contributed by atoms with E-state index in [4.69, 9.17) is 10.8 Å². The third-order valence-corrected chi connectivity index (χ3v) is 3.37. The highest BCUT2D eigenvalue weighted by atomic mass is 16.4. The molecule has 0 spiro atoms. The minimum absolute atomic E-state index is 0.197. The molecule has 1 aromatic rings. The highest BCUT2D eigenvalue weighted by Crippen LogP contribution is 2.26. The molecule has 3 N–H and O–H groups in total. The van der Waals surface area contributed by atoms with Crippen LogP contribution in [-0.4, -0.2) is 35.1 Å². The Morgan fingerprint density at radius 1 is 1.47 bits per heavy atom. The van der Waals surface area contributed by atoms with Crippen LogP contribution < -0.4 is 10.6 Å². The van der Waals surface area contributed by atoms with Gasteiger partial charge in [0.2, 0.25) is 0 Å². The number of primary amides is 1. The van der Waals surface area contributed by atoms with E-state index in [1.165, 1.54) is 6.20 Å². The molecule has 2 rings (SSSR count). The van der Waals surface area contributed by atoms with Crippen molar-refractivity contribution in [3.8, 4) is 0 Å². The van der Waals surface area contributed by atoms with Gasteiger partial charge in [0.05, 0.1) is 5.92 Å². The summed E-state index contributed by atoms with van der Waals surface area (Å²) in [4.78, 5) is 28.1. The van der Waals surface area contributed by atoms with Crippen molar-refractivity contribution in [3.05, 3.63) is 24.0 Å². The number of aromatic nitrogens is 1. The zero-order valence-corrected chi connectivity index (χ0v) is 10.7. The number of carboxylic acid groups (broad SMARTS) is 1. The van der Waals surface area contributed by atoms with E-state index in [1.807, 2.05) is 11.8 Å². The molecule has 0 aromatic carbocycles. The molecule has 1 aliphatic rings. The molecule has 6 nitrogen and oxygen atoms in total. The molecule has 0 aliphatic carbocycles. The summed E-state index contributed by atoms with van der Waals surface area (Å²) in [6.07, 6.45) is 2.20. The van der Waals surface area contributed by atoms with E-state index < -0.39 is 11.9 Å². The Bertz CT molecular complexity index is 504. The van der Waals surface area contributed by atoms with Gasteiger partial charge in [0, 0.05) is 25.0 Å². The van der Waals surface area contributed by atoms with E-state index in [2.05, 4.69) is 4.98 Å². The molecule has 1 saturated heterocycles. The number of piperidine rings is 1. The van der Waals surface area contributed by atoms with Crippen molar-refractivity contribution in [1.82, 2.24) is 4.98 Å². The van der Waals surface area contributed by atoms with Crippen LogP contribution in [0.2, 0.25) is 0 Å². The number of hydrogen-bond acceptors (Lipinski definition) is 4. The normalized spacial score (nSPS) is 23.1. The lowest BCUT2D eigenvalue weighted by atomic mass is 9.90. The molecule has 1 amide bonds. The first-order valence-corrected chi connectivity index (χ1v) is 6.21. The van der Waals surface area contributed by atoms with Gasteiger partial charge in [-0.2, -0.15) is 0 Å². The highest BCUT2D eigenvalue weighted by Gasteiger charge is 2.29. The fraction of sp³-hybridized carbons (Fsp3) is 0.462. The van der Waals surface area contributed by atoms with Crippen LogP contribution in [0.4, 0.5) is 5.69 Å². The Morgan fingerprint density at radius 2 is 2.21 bits per heavy atom. The van der Waals surface area contributed by atoms with Crippen molar-refractivity contribution in [2.45, 2.75) is 13.3 Å². The summed E-state index contributed by atoms with van der Waals surface area (Å²) < 4.78 is 0. The van der Waals surface area contributed by atoms with Crippen LogP contribution in [-0.2, 0) is 4.79 Å². The van der Waals surface area contributed by atoms with Crippen molar-refractivity contribution in [1.29, 1.82) is 0 Å². The number of nitrogens with two attached hydrogens (primary N) is 1. The maximum atomic E-state index is 11.1. The van der Waals surface area contributed by atoms with Crippen molar-refractivity contribution in [2.24, 2.45) is 17.6 Å². The maximum Gasteiger partial charge on any atom is 0.308 e. The number of aliphatic carboxylic acids is 1. The molecule has 0 saturated carbocycles. The van der Waals surface area contributed by atoms with Crippen LogP contribution in [0.15, 0.2) is 18.3 Å². The molecule has 6 heteroatoms. The van der Waals surface area contributed by atoms with E-state index >= 15 is 0 Å². The molecule has 19 heavy (non-hydrogen) atoms. The second kappa shape index (κ2) is 5.26. The van der Waals surface area contributed by atoms with Crippen molar-refractivity contribution in [2.75, 3.05) is 18.0 Å². The van der Waals surface area contributed by atoms with Crippen LogP contribution >= 0.6 is 0 Å². The summed E-state index contributed by atoms with van der Waals surface area (Å²) in [6.45, 7) is 3.24. The van der Waals surface area contributed by atoms with Gasteiger partial charge in [-0.15, -0.1) is 0 Å². The minimum Gasteiger partial charge on any atom is -0.481 e. The van der Waals surface area contributed by atoms with Gasteiger partial charge in [-0.3, -0.25) is 14.6 Å². The van der Waals surface area contributed by atoms with Gasteiger partial charge in [-0.05, 0) is 24.5 Å². The smallest absolute Gasteiger partial charge is 0.308 e.